The van der Waals surface area contributed by atoms with E-state index in [0.29, 0.717) is 42.3 Å². The van der Waals surface area contributed by atoms with Gasteiger partial charge in [0.15, 0.2) is 0 Å². The molecule has 0 spiro atoms. The highest BCUT2D eigenvalue weighted by Gasteiger charge is 2.32. The summed E-state index contributed by atoms with van der Waals surface area (Å²) in [7, 11) is 1.41. The highest BCUT2D eigenvalue weighted by Crippen LogP contribution is 2.42. The van der Waals surface area contributed by atoms with Crippen LogP contribution in [0.3, 0.4) is 0 Å². The summed E-state index contributed by atoms with van der Waals surface area (Å²) in [5.41, 5.74) is -0.648. The number of nitrogens with zero attached hydrogens (tertiary/aromatic N) is 1. The molecule has 4 rings (SSSR count). The van der Waals surface area contributed by atoms with Crippen molar-refractivity contribution in [2.75, 3.05) is 32.5 Å². The molecule has 1 fully saturated rings. The first kappa shape index (κ1) is 28.3. The van der Waals surface area contributed by atoms with Gasteiger partial charge in [0.05, 0.1) is 29.6 Å². The number of methoxy groups -OCH3 is 1. The lowest BCUT2D eigenvalue weighted by Gasteiger charge is -2.32. The van der Waals surface area contributed by atoms with Gasteiger partial charge in [-0.25, -0.2) is 0 Å². The van der Waals surface area contributed by atoms with E-state index in [1.807, 2.05) is 4.90 Å². The second-order valence-electron chi connectivity index (χ2n) is 9.16. The van der Waals surface area contributed by atoms with Gasteiger partial charge in [0.1, 0.15) is 5.75 Å². The lowest BCUT2D eigenvalue weighted by atomic mass is 9.98. The number of pyridine rings is 1. The van der Waals surface area contributed by atoms with E-state index >= 15 is 0 Å². The molecule has 1 aromatic heterocycles. The van der Waals surface area contributed by atoms with Crippen LogP contribution in [-0.4, -0.2) is 64.7 Å². The zero-order chi connectivity index (χ0) is 27.6. The summed E-state index contributed by atoms with van der Waals surface area (Å²) >= 11 is 7.23. The molecule has 3 N–H and O–H groups in total. The van der Waals surface area contributed by atoms with Crippen molar-refractivity contribution in [2.45, 2.75) is 30.0 Å². The van der Waals surface area contributed by atoms with Gasteiger partial charge in [-0.15, -0.1) is 11.8 Å². The van der Waals surface area contributed by atoms with Gasteiger partial charge in [-0.05, 0) is 55.8 Å². The molecule has 2 heterocycles. The standard InChI is InChI=1S/C26H26ClF3N2O5S/c1-37-21-7-5-16(27)10-19(21)22-18-9-15(26(28,29)30)4-6-20(18)31-24(34)23(22)38-13-17(33)12-32-8-2-3-14(11-32)25(35)36/h4-7,9-10,14,17,33H,2-3,8,11-13H2,1H3,(H,31,34)(H,35,36). The molecule has 1 aliphatic rings. The quantitative estimate of drug-likeness (QED) is 0.323. The SMILES string of the molecule is COc1ccc(Cl)cc1-c1c(SCC(O)CN2CCCC(C(=O)O)C2)c(=O)[nH]c2ccc(C(F)(F)F)cc12. The van der Waals surface area contributed by atoms with Crippen molar-refractivity contribution in [3.05, 3.63) is 57.3 Å². The lowest BCUT2D eigenvalue weighted by Crippen LogP contribution is -2.43. The number of carbonyl (C=O) groups is 1. The number of fused-ring (bicyclic) bond motifs is 1. The Morgan fingerprint density at radius 3 is 2.74 bits per heavy atom. The van der Waals surface area contributed by atoms with Crippen LogP contribution in [0.25, 0.3) is 22.0 Å². The molecule has 0 saturated carbocycles. The van der Waals surface area contributed by atoms with Gasteiger partial charge >= 0.3 is 12.1 Å². The molecule has 2 unspecified atom stereocenters. The summed E-state index contributed by atoms with van der Waals surface area (Å²) in [6.45, 7) is 1.17. The maximum atomic E-state index is 13.6. The Hall–Kier alpha value is -2.73. The topological polar surface area (TPSA) is 103 Å². The van der Waals surface area contributed by atoms with Gasteiger partial charge in [-0.1, -0.05) is 11.6 Å². The molecule has 7 nitrogen and oxygen atoms in total. The molecule has 12 heteroatoms. The normalized spacial score (nSPS) is 17.5. The third-order valence-corrected chi connectivity index (χ3v) is 7.94. The smallest absolute Gasteiger partial charge is 0.416 e. The van der Waals surface area contributed by atoms with Crippen molar-refractivity contribution in [3.63, 3.8) is 0 Å². The van der Waals surface area contributed by atoms with Crippen LogP contribution < -0.4 is 10.3 Å². The number of rotatable bonds is 8. The molecule has 1 saturated heterocycles. The fourth-order valence-electron chi connectivity index (χ4n) is 4.69. The molecule has 0 bridgehead atoms. The second kappa shape index (κ2) is 11.6. The molecule has 204 valence electrons. The number of H-pyrrole nitrogens is 1. The number of aliphatic hydroxyl groups is 1. The molecular weight excluding hydrogens is 545 g/mol. The Bertz CT molecular complexity index is 1400. The number of aromatic nitrogens is 1. The largest absolute Gasteiger partial charge is 0.496 e. The van der Waals surface area contributed by atoms with E-state index < -0.39 is 35.3 Å². The maximum absolute atomic E-state index is 13.6. The lowest BCUT2D eigenvalue weighted by molar-refractivity contribution is -0.143. The van der Waals surface area contributed by atoms with Crippen molar-refractivity contribution in [1.82, 2.24) is 9.88 Å². The van der Waals surface area contributed by atoms with Crippen molar-refractivity contribution in [2.24, 2.45) is 5.92 Å². The molecule has 0 aliphatic carbocycles. The van der Waals surface area contributed by atoms with Crippen molar-refractivity contribution >= 4 is 40.2 Å². The number of β-amino-alcohol motifs (C(OH)–C–C–N with tert-alkyl or cyclic N) is 1. The fourth-order valence-corrected chi connectivity index (χ4v) is 5.87. The Kier molecular flexibility index (Phi) is 8.61. The highest BCUT2D eigenvalue weighted by atomic mass is 35.5. The van der Waals surface area contributed by atoms with E-state index in [4.69, 9.17) is 16.3 Å². The van der Waals surface area contributed by atoms with Gasteiger partial charge in [0.2, 0.25) is 0 Å². The summed E-state index contributed by atoms with van der Waals surface area (Å²) in [6.07, 6.45) is -4.25. The van der Waals surface area contributed by atoms with Crippen LogP contribution in [0.1, 0.15) is 18.4 Å². The van der Waals surface area contributed by atoms with Crippen LogP contribution in [0.2, 0.25) is 5.02 Å². The molecule has 2 aromatic carbocycles. The number of hydrogen-bond acceptors (Lipinski definition) is 6. The summed E-state index contributed by atoms with van der Waals surface area (Å²) in [5.74, 6) is -1.01. The molecule has 0 amide bonds. The number of aliphatic hydroxyl groups excluding tert-OH is 1. The van der Waals surface area contributed by atoms with Crippen LogP contribution in [0.15, 0.2) is 46.1 Å². The molecule has 0 radical (unpaired) electrons. The number of alkyl halides is 3. The highest BCUT2D eigenvalue weighted by molar-refractivity contribution is 7.99. The van der Waals surface area contributed by atoms with Gasteiger partial charge in [-0.3, -0.25) is 14.5 Å². The average molecular weight is 571 g/mol. The number of carboxylic acids is 1. The number of nitrogens with one attached hydrogen (secondary N) is 1. The number of hydrogen-bond donors (Lipinski definition) is 3. The summed E-state index contributed by atoms with van der Waals surface area (Å²) < 4.78 is 46.2. The van der Waals surface area contributed by atoms with Crippen LogP contribution in [0.5, 0.6) is 5.75 Å². The first-order valence-corrected chi connectivity index (χ1v) is 13.2. The third-order valence-electron chi connectivity index (χ3n) is 6.47. The van der Waals surface area contributed by atoms with Crippen LogP contribution in [0.4, 0.5) is 13.2 Å². The van der Waals surface area contributed by atoms with Crippen molar-refractivity contribution < 1.29 is 32.9 Å². The molecule has 1 aliphatic heterocycles. The summed E-state index contributed by atoms with van der Waals surface area (Å²) in [4.78, 5) is 29.2. The number of ether oxygens (including phenoxy) is 1. The second-order valence-corrected chi connectivity index (χ2v) is 10.6. The Morgan fingerprint density at radius 1 is 1.29 bits per heavy atom. The number of aromatic amines is 1. The van der Waals surface area contributed by atoms with E-state index in [9.17, 15) is 33.0 Å². The fraction of sp³-hybridized carbons (Fsp3) is 0.385. The molecular formula is C26H26ClF3N2O5S. The minimum Gasteiger partial charge on any atom is -0.496 e. The molecule has 2 atom stereocenters. The number of benzene rings is 2. The average Bonchev–Trinajstić information content (AvgIpc) is 2.86. The van der Waals surface area contributed by atoms with Crippen molar-refractivity contribution in [1.29, 1.82) is 0 Å². The number of piperidine rings is 1. The number of likely N-dealkylation sites (tertiary alicyclic amines) is 1. The Labute approximate surface area is 225 Å². The minimum atomic E-state index is -4.61. The Morgan fingerprint density at radius 2 is 2.05 bits per heavy atom. The first-order valence-electron chi connectivity index (χ1n) is 11.8. The van der Waals surface area contributed by atoms with Crippen LogP contribution in [-0.2, 0) is 11.0 Å². The monoisotopic (exact) mass is 570 g/mol. The number of carboxylic acid groups (broad SMARTS) is 1. The third kappa shape index (κ3) is 6.28. The van der Waals surface area contributed by atoms with E-state index in [1.54, 1.807) is 12.1 Å². The Balaban J connectivity index is 1.73. The van der Waals surface area contributed by atoms with Crippen LogP contribution in [0, 0.1) is 5.92 Å². The first-order chi connectivity index (χ1) is 18.0. The maximum Gasteiger partial charge on any atom is 0.416 e. The van der Waals surface area contributed by atoms with Gasteiger partial charge < -0.3 is 19.9 Å². The number of aliphatic carboxylic acids is 1. The zero-order valence-corrected chi connectivity index (χ0v) is 21.9. The van der Waals surface area contributed by atoms with E-state index in [2.05, 4.69) is 4.98 Å². The minimum absolute atomic E-state index is 0.0532. The summed E-state index contributed by atoms with van der Waals surface area (Å²) in [5, 5.41) is 20.5. The molecule has 3 aromatic rings. The van der Waals surface area contributed by atoms with Crippen molar-refractivity contribution in [3.8, 4) is 16.9 Å². The van der Waals surface area contributed by atoms with Gasteiger partial charge in [-0.2, -0.15) is 13.2 Å². The van der Waals surface area contributed by atoms with E-state index in [-0.39, 0.29) is 33.7 Å². The predicted molar refractivity (Wildman–Crippen MR) is 140 cm³/mol. The summed E-state index contributed by atoms with van der Waals surface area (Å²) in [6, 6.07) is 7.74. The van der Waals surface area contributed by atoms with Crippen LogP contribution >= 0.6 is 23.4 Å². The zero-order valence-electron chi connectivity index (χ0n) is 20.3. The van der Waals surface area contributed by atoms with E-state index in [0.717, 1.165) is 23.9 Å². The molecule has 38 heavy (non-hydrogen) atoms. The number of thioether (sulfide) groups is 1. The van der Waals surface area contributed by atoms with Gasteiger partial charge in [0, 0.05) is 45.9 Å². The van der Waals surface area contributed by atoms with Gasteiger partial charge in [0.25, 0.3) is 5.56 Å². The van der Waals surface area contributed by atoms with E-state index in [1.165, 1.54) is 19.2 Å². The predicted octanol–water partition coefficient (Wildman–Crippen LogP) is 5.13. The number of halogens is 4.